The van der Waals surface area contributed by atoms with Crippen molar-refractivity contribution in [3.8, 4) is 0 Å². The number of halogens is 3. The molecule has 0 spiro atoms. The average molecular weight is 422 g/mol. The van der Waals surface area contributed by atoms with Crippen molar-refractivity contribution >= 4 is 62.1 Å². The van der Waals surface area contributed by atoms with Gasteiger partial charge in [-0.2, -0.15) is 0 Å². The van der Waals surface area contributed by atoms with Crippen molar-refractivity contribution in [1.29, 1.82) is 0 Å². The summed E-state index contributed by atoms with van der Waals surface area (Å²) in [6, 6.07) is 9.31. The average Bonchev–Trinajstić information content (AvgIpc) is 2.45. The molecule has 0 aliphatic rings. The van der Waals surface area contributed by atoms with Gasteiger partial charge in [-0.15, -0.1) is 0 Å². The van der Waals surface area contributed by atoms with Crippen LogP contribution in [0.1, 0.15) is 5.56 Å². The van der Waals surface area contributed by atoms with Crippen LogP contribution in [0.15, 0.2) is 36.4 Å². The van der Waals surface area contributed by atoms with Crippen LogP contribution in [0.2, 0.25) is 15.1 Å². The van der Waals surface area contributed by atoms with Crippen molar-refractivity contribution in [3.05, 3.63) is 57.0 Å². The Morgan fingerprint density at radius 2 is 1.64 bits per heavy atom. The highest BCUT2D eigenvalue weighted by atomic mass is 35.5. The summed E-state index contributed by atoms with van der Waals surface area (Å²) in [6.45, 7) is 1.37. The minimum absolute atomic E-state index is 0.211. The maximum atomic E-state index is 12.3. The molecule has 0 aliphatic heterocycles. The first-order valence-electron chi connectivity index (χ1n) is 7.06. The lowest BCUT2D eigenvalue weighted by Crippen LogP contribution is -2.37. The minimum Gasteiger partial charge on any atom is -0.324 e. The molecule has 2 aromatic carbocycles. The highest BCUT2D eigenvalue weighted by Crippen LogP contribution is 2.27. The molecule has 2 aromatic rings. The number of hydrogen-bond acceptors (Lipinski definition) is 3. The van der Waals surface area contributed by atoms with Crippen LogP contribution in [0.4, 0.5) is 11.4 Å². The van der Waals surface area contributed by atoms with Gasteiger partial charge in [-0.1, -0.05) is 34.8 Å². The summed E-state index contributed by atoms with van der Waals surface area (Å²) in [6.07, 6.45) is 1.00. The highest BCUT2D eigenvalue weighted by molar-refractivity contribution is 7.92. The smallest absolute Gasteiger partial charge is 0.245 e. The second-order valence-electron chi connectivity index (χ2n) is 5.40. The predicted molar refractivity (Wildman–Crippen MR) is 103 cm³/mol. The lowest BCUT2D eigenvalue weighted by atomic mass is 10.2. The van der Waals surface area contributed by atoms with E-state index in [1.807, 2.05) is 0 Å². The lowest BCUT2D eigenvalue weighted by molar-refractivity contribution is -0.114. The van der Waals surface area contributed by atoms with E-state index in [2.05, 4.69) is 5.32 Å². The van der Waals surface area contributed by atoms with E-state index in [0.717, 1.165) is 16.1 Å². The van der Waals surface area contributed by atoms with E-state index in [0.29, 0.717) is 10.7 Å². The Morgan fingerprint density at radius 3 is 2.16 bits per heavy atom. The summed E-state index contributed by atoms with van der Waals surface area (Å²) in [5.74, 6) is -0.507. The summed E-state index contributed by atoms with van der Waals surface area (Å²) in [5, 5.41) is 3.75. The van der Waals surface area contributed by atoms with Crippen LogP contribution in [0.3, 0.4) is 0 Å². The Hall–Kier alpha value is -1.47. The molecule has 0 heterocycles. The van der Waals surface area contributed by atoms with Gasteiger partial charge >= 0.3 is 0 Å². The molecule has 0 atom stereocenters. The number of amides is 1. The zero-order chi connectivity index (χ0) is 18.8. The molecule has 0 radical (unpaired) electrons. The van der Waals surface area contributed by atoms with Gasteiger partial charge in [0.15, 0.2) is 0 Å². The van der Waals surface area contributed by atoms with Gasteiger partial charge in [0, 0.05) is 20.8 Å². The maximum absolute atomic E-state index is 12.3. The van der Waals surface area contributed by atoms with Gasteiger partial charge < -0.3 is 5.32 Å². The number of hydrogen-bond donors (Lipinski definition) is 1. The SMILES string of the molecule is Cc1cc(Cl)ccc1NC(=O)CN(c1cc(Cl)cc(Cl)c1)S(C)(=O)=O. The first kappa shape index (κ1) is 19.8. The number of anilines is 2. The second kappa shape index (κ2) is 7.83. The Bertz CT molecular complexity index is 897. The number of carbonyl (C=O) groups excluding carboxylic acids is 1. The van der Waals surface area contributed by atoms with Crippen molar-refractivity contribution in [2.45, 2.75) is 6.92 Å². The summed E-state index contributed by atoms with van der Waals surface area (Å²) >= 11 is 17.7. The predicted octanol–water partition coefficient (Wildman–Crippen LogP) is 4.36. The van der Waals surface area contributed by atoms with E-state index >= 15 is 0 Å². The van der Waals surface area contributed by atoms with Crippen LogP contribution >= 0.6 is 34.8 Å². The number of rotatable bonds is 5. The molecule has 9 heteroatoms. The molecule has 0 saturated carbocycles. The quantitative estimate of drug-likeness (QED) is 0.780. The summed E-state index contributed by atoms with van der Waals surface area (Å²) in [4.78, 5) is 12.3. The fraction of sp³-hybridized carbons (Fsp3) is 0.188. The third-order valence-electron chi connectivity index (χ3n) is 3.29. The number of sulfonamides is 1. The monoisotopic (exact) mass is 420 g/mol. The molecule has 0 saturated heterocycles. The van der Waals surface area contributed by atoms with Crippen LogP contribution in [0.25, 0.3) is 0 Å². The number of nitrogens with zero attached hydrogens (tertiary/aromatic N) is 1. The van der Waals surface area contributed by atoms with Gasteiger partial charge in [0.1, 0.15) is 6.54 Å². The van der Waals surface area contributed by atoms with E-state index in [-0.39, 0.29) is 15.7 Å². The normalized spacial score (nSPS) is 11.2. The molecule has 0 fully saturated rings. The number of benzene rings is 2. The Balaban J connectivity index is 2.27. The summed E-state index contributed by atoms with van der Waals surface area (Å²) < 4.78 is 25.1. The zero-order valence-electron chi connectivity index (χ0n) is 13.4. The second-order valence-corrected chi connectivity index (χ2v) is 8.62. The first-order valence-corrected chi connectivity index (χ1v) is 10.0. The molecule has 2 rings (SSSR count). The zero-order valence-corrected chi connectivity index (χ0v) is 16.5. The van der Waals surface area contributed by atoms with E-state index in [4.69, 9.17) is 34.8 Å². The fourth-order valence-corrected chi connectivity index (χ4v) is 3.75. The van der Waals surface area contributed by atoms with Gasteiger partial charge in [-0.3, -0.25) is 9.10 Å². The van der Waals surface area contributed by atoms with Crippen molar-refractivity contribution < 1.29 is 13.2 Å². The fourth-order valence-electron chi connectivity index (χ4n) is 2.17. The lowest BCUT2D eigenvalue weighted by Gasteiger charge is -2.22. The van der Waals surface area contributed by atoms with Crippen molar-refractivity contribution in [3.63, 3.8) is 0 Å². The van der Waals surface area contributed by atoms with E-state index in [1.165, 1.54) is 18.2 Å². The van der Waals surface area contributed by atoms with Crippen LogP contribution < -0.4 is 9.62 Å². The third kappa shape index (κ3) is 5.51. The standard InChI is InChI=1S/C16H15Cl3N2O3S/c1-10-5-11(17)3-4-15(10)20-16(22)9-21(25(2,23)24)14-7-12(18)6-13(19)8-14/h3-8H,9H2,1-2H3,(H,20,22). The molecule has 134 valence electrons. The van der Waals surface area contributed by atoms with Gasteiger partial charge in [-0.25, -0.2) is 8.42 Å². The summed E-state index contributed by atoms with van der Waals surface area (Å²) in [7, 11) is -3.72. The number of nitrogens with one attached hydrogen (secondary N) is 1. The van der Waals surface area contributed by atoms with Crippen LogP contribution in [0, 0.1) is 6.92 Å². The van der Waals surface area contributed by atoms with E-state index in [9.17, 15) is 13.2 Å². The molecular formula is C16H15Cl3N2O3S. The third-order valence-corrected chi connectivity index (χ3v) is 5.10. The highest BCUT2D eigenvalue weighted by Gasteiger charge is 2.22. The van der Waals surface area contributed by atoms with Gasteiger partial charge in [-0.05, 0) is 48.9 Å². The molecule has 0 aromatic heterocycles. The van der Waals surface area contributed by atoms with Crippen molar-refractivity contribution in [1.82, 2.24) is 0 Å². The van der Waals surface area contributed by atoms with Crippen LogP contribution in [-0.4, -0.2) is 27.1 Å². The molecule has 0 bridgehead atoms. The minimum atomic E-state index is -3.72. The molecule has 1 amide bonds. The molecule has 5 nitrogen and oxygen atoms in total. The Kier molecular flexibility index (Phi) is 6.21. The topological polar surface area (TPSA) is 66.5 Å². The van der Waals surface area contributed by atoms with Crippen molar-refractivity contribution in [2.24, 2.45) is 0 Å². The Morgan fingerprint density at radius 1 is 1.04 bits per heavy atom. The van der Waals surface area contributed by atoms with Gasteiger partial charge in [0.2, 0.25) is 15.9 Å². The number of aryl methyl sites for hydroxylation is 1. The van der Waals surface area contributed by atoms with Crippen LogP contribution in [0.5, 0.6) is 0 Å². The molecule has 1 N–H and O–H groups in total. The van der Waals surface area contributed by atoms with Gasteiger partial charge in [0.25, 0.3) is 0 Å². The molecule has 0 unspecified atom stereocenters. The first-order chi connectivity index (χ1) is 11.6. The maximum Gasteiger partial charge on any atom is 0.245 e. The molecule has 25 heavy (non-hydrogen) atoms. The van der Waals surface area contributed by atoms with Crippen molar-refractivity contribution in [2.75, 3.05) is 22.4 Å². The Labute approximate surface area is 161 Å². The van der Waals surface area contributed by atoms with E-state index < -0.39 is 22.5 Å². The van der Waals surface area contributed by atoms with Gasteiger partial charge in [0.05, 0.1) is 11.9 Å². The molecular weight excluding hydrogens is 407 g/mol. The van der Waals surface area contributed by atoms with E-state index in [1.54, 1.807) is 25.1 Å². The van der Waals surface area contributed by atoms with Crippen LogP contribution in [-0.2, 0) is 14.8 Å². The number of carbonyl (C=O) groups is 1. The summed E-state index contributed by atoms with van der Waals surface area (Å²) in [5.41, 5.74) is 1.52. The largest absolute Gasteiger partial charge is 0.324 e. The molecule has 0 aliphatic carbocycles.